The van der Waals surface area contributed by atoms with Crippen molar-refractivity contribution in [3.8, 4) is 0 Å². The summed E-state index contributed by atoms with van der Waals surface area (Å²) in [5, 5.41) is 0. The summed E-state index contributed by atoms with van der Waals surface area (Å²) in [6.07, 6.45) is -16.9. The summed E-state index contributed by atoms with van der Waals surface area (Å²) in [5.41, 5.74) is 26.9. The van der Waals surface area contributed by atoms with E-state index in [0.29, 0.717) is 5.56 Å². The first-order valence-electron chi connectivity index (χ1n) is 44.0. The van der Waals surface area contributed by atoms with Crippen LogP contribution in [0.25, 0.3) is 44.7 Å². The van der Waals surface area contributed by atoms with Crippen LogP contribution in [0.4, 0.5) is 29.2 Å². The number of aromatic nitrogens is 22. The number of imidazole rings is 4. The third kappa shape index (κ3) is 24.9. The van der Waals surface area contributed by atoms with Gasteiger partial charge in [0, 0.05) is 87.3 Å². The van der Waals surface area contributed by atoms with E-state index in [2.05, 4.69) is 74.8 Å². The van der Waals surface area contributed by atoms with Crippen LogP contribution in [0, 0.1) is 20.8 Å². The second kappa shape index (κ2) is 43.9. The number of nitrogen functional groups attached to an aromatic ring is 5. The Morgan fingerprint density at radius 3 is 0.986 bits per heavy atom. The second-order valence-corrected chi connectivity index (χ2v) is 53.1. The van der Waals surface area contributed by atoms with Gasteiger partial charge in [0.1, 0.15) is 162 Å². The topological polar surface area (TPSA) is 818 Å². The van der Waals surface area contributed by atoms with Gasteiger partial charge in [0.15, 0.2) is 52.4 Å². The predicted molar refractivity (Wildman–Crippen MR) is 519 cm³/mol. The van der Waals surface area contributed by atoms with Crippen molar-refractivity contribution in [3.05, 3.63) is 142 Å². The van der Waals surface area contributed by atoms with Crippen LogP contribution in [0.2, 0.25) is 0 Å². The van der Waals surface area contributed by atoms with Crippen LogP contribution in [0.5, 0.6) is 0 Å². The lowest BCUT2D eigenvalue weighted by Gasteiger charge is -2.36. The highest BCUT2D eigenvalue weighted by atomic mass is 32.7. The fraction of sp³-hybridized carbons (Fsp3) is 0.556. The van der Waals surface area contributed by atoms with Crippen LogP contribution >= 0.6 is 47.1 Å². The van der Waals surface area contributed by atoms with Crippen LogP contribution in [0.15, 0.2) is 91.6 Å². The largest absolute Gasteiger partial charge is 0.780 e. The van der Waals surface area contributed by atoms with Crippen LogP contribution in [-0.2, 0) is 184 Å². The molecule has 28 atom stereocenters. The number of H-pyrrole nitrogens is 3. The van der Waals surface area contributed by atoms with Crippen molar-refractivity contribution in [3.63, 3.8) is 0 Å². The van der Waals surface area contributed by atoms with Crippen LogP contribution in [0.3, 0.4) is 0 Å². The van der Waals surface area contributed by atoms with E-state index in [1.807, 2.05) is 0 Å². The Kier molecular flexibility index (Phi) is 32.7. The minimum absolute atomic E-state index is 0.00984. The standard InChI is InChI=1S/C72H94N27O34P7S7/c1-6-33-34(7-47(120-33)94-15-31(3)66(100)91-71(94)104)128-135(107,142)114-20-44-38(11-51(124-44)97-27-85-55-60(75)79-24-82-63(55)97)131-139(111,146)116-18-42-36(8-48(121-42)93-14-30(2)58(73)88-70(93)103)129-136(108,143)118-21-45-39(12-52(125-45)98-28-86-56-61(76)80-25-83-64(56)98)132-140(112,147)117-19-43-37(9-49(122-43)95-16-32(4)67(101)92-72(95)105)130-137(109,144)119-22-46-40(13-53(126-46)99-29-87-57-65(99)89-69(77)90-68(57)102)133-138(110,145)115-17-41-35(127-134(106,141)113-5)10-50(123-41)96-26-84-54-59(74)78-23-81-62(54)96/h14-16,23-29,33-53H,6-13,17-22H2,1-5H3,(H,106,141)(H,107,142)(H,108,143)(H,109,144)(H,110,145)(H,111,146)(H,112,147)(H2,73,88,103)(H2,74,78,81)(H2,75,79,82)(H2,76,80,83)(H,91,100,104)(H,92,101,105)(H3,77,89,90,102)/p-7/t33-,34-,35-,36-,37-,38-,39-,40-,41-,42-,43-,44-,45-,46-,47-,48-,49-,50-,51-,52-,53-,134?,135?,136?,137?,138?,139?,140?/m1/s1. The molecule has 13 N–H and O–H groups in total. The molecule has 0 amide bonds. The third-order valence-corrected chi connectivity index (χ3v) is 35.5. The minimum Gasteiger partial charge on any atom is -0.780 e. The Morgan fingerprint density at radius 2 is 0.646 bits per heavy atom. The quantitative estimate of drug-likeness (QED) is 0.0150. The minimum atomic E-state index is -5.03. The number of anilines is 5. The molecule has 11 aromatic heterocycles. The molecule has 11 aromatic rings. The zero-order chi connectivity index (χ0) is 105. The molecule has 75 heteroatoms. The van der Waals surface area contributed by atoms with Crippen molar-refractivity contribution in [2.24, 2.45) is 0 Å². The fourth-order valence-corrected chi connectivity index (χ4v) is 27.0. The maximum Gasteiger partial charge on any atom is 0.351 e. The maximum atomic E-state index is 15.1. The van der Waals surface area contributed by atoms with E-state index in [-0.39, 0.29) is 124 Å². The molecule has 147 heavy (non-hydrogen) atoms. The van der Waals surface area contributed by atoms with E-state index < -0.39 is 262 Å². The number of ether oxygens (including phenoxy) is 7. The first kappa shape index (κ1) is 109. The number of nitrogens with zero attached hydrogens (tertiary/aromatic N) is 19. The normalized spacial score (nSPS) is 29.4. The van der Waals surface area contributed by atoms with Crippen LogP contribution in [0.1, 0.15) is 119 Å². The summed E-state index contributed by atoms with van der Waals surface area (Å²) in [6, 6.07) is 0. The number of nitrogens with two attached hydrogens (primary N) is 5. The van der Waals surface area contributed by atoms with Gasteiger partial charge >= 0.3 is 17.1 Å². The highest BCUT2D eigenvalue weighted by Crippen LogP contribution is 2.57. The SMILES string of the molecule is CC[C@H]1O[C@@H](n2cc(C)c(=O)[nH]c2=O)C[C@H]1OP([O-])(=S)OC[C@H]1O[C@@H](n2cnc3c(N)ncnc32)C[C@H]1OP([O-])(=S)OC[C@H]1O[C@@H](n2cc(C)c(N)nc2=O)C[C@H]1OP(=O)([S-])OC[C@H]1O[C@@H](n2cnc3c(N)ncnc32)C[C@H]1OP([O-])(=S)OC[C@H]1O[C@@H](n2cc(C)c(=O)[nH]c2=O)C[C@H]1OP([O-])(=S)OC[C@H]1O[C@@H](n2cnc3c(=O)[nH]c(N)nc32)C[C@H]1OP([O-])(=S)OC[C@H]1O[C@@H](n2cnc3c(N)ncnc32)C[C@H]1OP([O-])(=S)OC. The molecule has 0 aliphatic carbocycles. The molecular weight excluding hydrogens is 2230 g/mol. The van der Waals surface area contributed by atoms with Crippen molar-refractivity contribution >= 4 is 204 Å². The molecule has 0 bridgehead atoms. The summed E-state index contributed by atoms with van der Waals surface area (Å²) in [6.45, 7) is -32.2. The Balaban J connectivity index is 0.560. The van der Waals surface area contributed by atoms with Crippen LogP contribution < -0.4 is 91.8 Å². The van der Waals surface area contributed by atoms with Crippen molar-refractivity contribution in [1.82, 2.24) is 107 Å². The smallest absolute Gasteiger partial charge is 0.351 e. The molecule has 0 spiro atoms. The Hall–Kier alpha value is -7.36. The number of rotatable bonds is 41. The van der Waals surface area contributed by atoms with E-state index in [1.54, 1.807) is 13.8 Å². The average molecular weight is 2320 g/mol. The molecule has 18 rings (SSSR count). The van der Waals surface area contributed by atoms with Gasteiger partial charge in [-0.15, -0.1) is 0 Å². The molecule has 0 aromatic carbocycles. The first-order valence-corrected chi connectivity index (χ1v) is 61.9. The lowest BCUT2D eigenvalue weighted by atomic mass is 10.1. The first-order chi connectivity index (χ1) is 69.5. The summed E-state index contributed by atoms with van der Waals surface area (Å²) in [5.74, 6) is -0.442. The molecule has 7 saturated heterocycles. The molecule has 0 saturated carbocycles. The van der Waals surface area contributed by atoms with E-state index in [1.165, 1.54) is 82.5 Å². The predicted octanol–water partition coefficient (Wildman–Crippen LogP) is -2.14. The summed E-state index contributed by atoms with van der Waals surface area (Å²) in [7, 11) is 1.06. The fourth-order valence-electron chi connectivity index (χ4n) is 17.3. The zero-order valence-electron chi connectivity index (χ0n) is 76.5. The Labute approximate surface area is 861 Å². The molecule has 798 valence electrons. The van der Waals surface area contributed by atoms with E-state index in [0.717, 1.165) is 33.3 Å². The van der Waals surface area contributed by atoms with E-state index in [9.17, 15) is 53.2 Å². The van der Waals surface area contributed by atoms with Gasteiger partial charge < -0.3 is 167 Å². The van der Waals surface area contributed by atoms with Crippen molar-refractivity contribution < 1.29 is 130 Å². The highest BCUT2D eigenvalue weighted by Gasteiger charge is 2.50. The molecular formula is C72H87N27O34P7S7-7. The van der Waals surface area contributed by atoms with Gasteiger partial charge in [-0.25, -0.2) is 64.2 Å². The molecule has 7 aliphatic rings. The van der Waals surface area contributed by atoms with Crippen LogP contribution in [-0.4, -0.2) is 239 Å². The maximum absolute atomic E-state index is 15.1. The van der Waals surface area contributed by atoms with Gasteiger partial charge in [-0.3, -0.25) is 65.9 Å². The molecule has 7 fully saturated rings. The number of hydrogen-bond donors (Lipinski definition) is 8. The van der Waals surface area contributed by atoms with E-state index >= 15 is 9.46 Å². The van der Waals surface area contributed by atoms with E-state index in [4.69, 9.17) is 208 Å². The highest BCUT2D eigenvalue weighted by molar-refractivity contribution is 8.32. The number of aryl methyl sites for hydroxylation is 3. The average Bonchev–Trinajstić information content (AvgIpc) is 1.63. The number of hydrogen-bond acceptors (Lipinski definition) is 58. The van der Waals surface area contributed by atoms with Gasteiger partial charge in [-0.05, 0) is 27.2 Å². The molecule has 18 heterocycles. The number of aromatic amines is 3. The molecule has 61 nitrogen and oxygen atoms in total. The van der Waals surface area contributed by atoms with Gasteiger partial charge in [0.05, 0.1) is 114 Å². The monoisotopic (exact) mass is 2310 g/mol. The van der Waals surface area contributed by atoms with Gasteiger partial charge in [-0.2, -0.15) is 9.97 Å². The molecule has 7 aliphatic heterocycles. The second-order valence-electron chi connectivity index (χ2n) is 34.0. The number of nitrogens with one attached hydrogen (secondary N) is 3. The number of fused-ring (bicyclic) bond motifs is 4. The summed E-state index contributed by atoms with van der Waals surface area (Å²) < 4.78 is 150. The molecule has 0 radical (unpaired) electrons. The van der Waals surface area contributed by atoms with Gasteiger partial charge in [0.25, 0.3) is 16.7 Å². The lowest BCUT2D eigenvalue weighted by Crippen LogP contribution is -2.34. The van der Waals surface area contributed by atoms with Crippen molar-refractivity contribution in [1.29, 1.82) is 0 Å². The van der Waals surface area contributed by atoms with Crippen molar-refractivity contribution in [2.75, 3.05) is 75.4 Å². The summed E-state index contributed by atoms with van der Waals surface area (Å²) >= 11 is 38.3. The lowest BCUT2D eigenvalue weighted by molar-refractivity contribution is -0.222. The van der Waals surface area contributed by atoms with Crippen molar-refractivity contribution in [2.45, 2.75) is 208 Å². The Morgan fingerprint density at radius 1 is 0.361 bits per heavy atom. The van der Waals surface area contributed by atoms with Gasteiger partial charge in [0.2, 0.25) is 5.95 Å². The third-order valence-electron chi connectivity index (χ3n) is 24.4. The Bertz CT molecular complexity index is 7600. The molecule has 7 unspecified atom stereocenters. The summed E-state index contributed by atoms with van der Waals surface area (Å²) in [4.78, 5) is 222. The zero-order valence-corrected chi connectivity index (χ0v) is 88.5. The van der Waals surface area contributed by atoms with Gasteiger partial charge in [-0.1, -0.05) is 77.8 Å².